The van der Waals surface area contributed by atoms with Gasteiger partial charge in [0.1, 0.15) is 17.0 Å². The standard InChI is InChI=1S/C20H21ClN8O3S/c1-20(2)16(30)26-19(31)29(20)9-8-22-17-23-10-13(21)14(25-17)15-27-28-18(33-15)24-11-4-6-12(32-3)7-5-11/h4-7,10H,8-9H2,1-3H3,(H,24,28)(H,22,23,25)(H,26,30,31). The second kappa shape index (κ2) is 9.16. The van der Waals surface area contributed by atoms with Crippen molar-refractivity contribution in [3.63, 3.8) is 0 Å². The third-order valence-electron chi connectivity index (χ3n) is 5.03. The van der Waals surface area contributed by atoms with Gasteiger partial charge in [0, 0.05) is 18.8 Å². The highest BCUT2D eigenvalue weighted by Gasteiger charge is 2.45. The SMILES string of the molecule is COc1ccc(Nc2nnc(-c3nc(NCCN4C(=O)NC(=O)C4(C)C)ncc3Cl)s2)cc1. The Kier molecular flexibility index (Phi) is 6.29. The number of carbonyl (C=O) groups excluding carboxylic acids is 2. The minimum Gasteiger partial charge on any atom is -0.497 e. The molecule has 0 saturated carbocycles. The molecule has 1 saturated heterocycles. The van der Waals surface area contributed by atoms with Crippen molar-refractivity contribution in [1.82, 2.24) is 30.4 Å². The van der Waals surface area contributed by atoms with Crippen LogP contribution in [0.2, 0.25) is 5.02 Å². The van der Waals surface area contributed by atoms with Crippen LogP contribution in [0.1, 0.15) is 13.8 Å². The molecule has 0 spiro atoms. The summed E-state index contributed by atoms with van der Waals surface area (Å²) in [6.07, 6.45) is 1.47. The van der Waals surface area contributed by atoms with Crippen molar-refractivity contribution in [1.29, 1.82) is 0 Å². The van der Waals surface area contributed by atoms with Crippen LogP contribution in [-0.2, 0) is 4.79 Å². The molecule has 1 aliphatic heterocycles. The van der Waals surface area contributed by atoms with Crippen LogP contribution in [0.15, 0.2) is 30.5 Å². The zero-order chi connectivity index (χ0) is 23.6. The lowest BCUT2D eigenvalue weighted by Crippen LogP contribution is -2.46. The summed E-state index contributed by atoms with van der Waals surface area (Å²) in [4.78, 5) is 33.9. The van der Waals surface area contributed by atoms with Gasteiger partial charge in [0.05, 0.1) is 18.3 Å². The van der Waals surface area contributed by atoms with E-state index in [1.807, 2.05) is 24.3 Å². The molecular weight excluding hydrogens is 468 g/mol. The fourth-order valence-electron chi connectivity index (χ4n) is 3.12. The number of nitrogens with zero attached hydrogens (tertiary/aromatic N) is 5. The summed E-state index contributed by atoms with van der Waals surface area (Å²) in [7, 11) is 1.61. The summed E-state index contributed by atoms with van der Waals surface area (Å²) in [5, 5.41) is 18.3. The molecule has 0 radical (unpaired) electrons. The third-order valence-corrected chi connectivity index (χ3v) is 6.15. The van der Waals surface area contributed by atoms with Gasteiger partial charge in [-0.15, -0.1) is 10.2 Å². The molecule has 172 valence electrons. The number of nitrogens with one attached hydrogen (secondary N) is 3. The molecule has 3 aromatic rings. The first kappa shape index (κ1) is 22.7. The number of benzene rings is 1. The Morgan fingerprint density at radius 2 is 1.97 bits per heavy atom. The Morgan fingerprint density at radius 3 is 2.64 bits per heavy atom. The van der Waals surface area contributed by atoms with Gasteiger partial charge >= 0.3 is 6.03 Å². The number of imide groups is 1. The van der Waals surface area contributed by atoms with E-state index >= 15 is 0 Å². The van der Waals surface area contributed by atoms with Crippen molar-refractivity contribution in [2.75, 3.05) is 30.8 Å². The van der Waals surface area contributed by atoms with Gasteiger partial charge < -0.3 is 20.3 Å². The molecular formula is C20H21ClN8O3S. The van der Waals surface area contributed by atoms with E-state index in [1.54, 1.807) is 21.0 Å². The number of methoxy groups -OCH3 is 1. The maximum absolute atomic E-state index is 12.0. The molecule has 2 aromatic heterocycles. The molecule has 4 rings (SSSR count). The third kappa shape index (κ3) is 4.81. The van der Waals surface area contributed by atoms with Crippen molar-refractivity contribution < 1.29 is 14.3 Å². The molecule has 1 aromatic carbocycles. The number of urea groups is 1. The van der Waals surface area contributed by atoms with Gasteiger partial charge in [-0.2, -0.15) is 0 Å². The first-order valence-electron chi connectivity index (χ1n) is 9.92. The highest BCUT2D eigenvalue weighted by molar-refractivity contribution is 7.18. The van der Waals surface area contributed by atoms with E-state index in [0.717, 1.165) is 11.4 Å². The molecule has 0 bridgehead atoms. The van der Waals surface area contributed by atoms with E-state index in [2.05, 4.69) is 36.1 Å². The highest BCUT2D eigenvalue weighted by Crippen LogP contribution is 2.32. The van der Waals surface area contributed by atoms with Gasteiger partial charge in [-0.1, -0.05) is 22.9 Å². The van der Waals surface area contributed by atoms with Gasteiger partial charge in [0.2, 0.25) is 11.1 Å². The molecule has 1 aliphatic rings. The minimum absolute atomic E-state index is 0.292. The fourth-order valence-corrected chi connectivity index (χ4v) is 4.13. The monoisotopic (exact) mass is 488 g/mol. The van der Waals surface area contributed by atoms with Gasteiger partial charge in [0.25, 0.3) is 5.91 Å². The number of halogens is 1. The summed E-state index contributed by atoms with van der Waals surface area (Å²) in [6.45, 7) is 4.01. The van der Waals surface area contributed by atoms with Crippen LogP contribution in [0.4, 0.5) is 21.6 Å². The Bertz CT molecular complexity index is 1180. The topological polar surface area (TPSA) is 134 Å². The number of anilines is 3. The molecule has 3 heterocycles. The van der Waals surface area contributed by atoms with Crippen LogP contribution in [0.5, 0.6) is 5.75 Å². The molecule has 33 heavy (non-hydrogen) atoms. The molecule has 3 amide bonds. The zero-order valence-corrected chi connectivity index (χ0v) is 19.6. The number of rotatable bonds is 8. The summed E-state index contributed by atoms with van der Waals surface area (Å²) >= 11 is 7.59. The van der Waals surface area contributed by atoms with E-state index < -0.39 is 11.6 Å². The van der Waals surface area contributed by atoms with Crippen molar-refractivity contribution in [3.8, 4) is 16.5 Å². The first-order valence-corrected chi connectivity index (χ1v) is 11.1. The second-order valence-electron chi connectivity index (χ2n) is 7.55. The lowest BCUT2D eigenvalue weighted by Gasteiger charge is -2.27. The Hall–Kier alpha value is -3.51. The number of aromatic nitrogens is 4. The largest absolute Gasteiger partial charge is 0.497 e. The van der Waals surface area contributed by atoms with E-state index in [1.165, 1.54) is 22.4 Å². The average Bonchev–Trinajstić information content (AvgIpc) is 3.32. The maximum Gasteiger partial charge on any atom is 0.325 e. The van der Waals surface area contributed by atoms with Crippen molar-refractivity contribution in [3.05, 3.63) is 35.5 Å². The highest BCUT2D eigenvalue weighted by atomic mass is 35.5. The van der Waals surface area contributed by atoms with Crippen molar-refractivity contribution in [2.24, 2.45) is 0 Å². The smallest absolute Gasteiger partial charge is 0.325 e. The first-order chi connectivity index (χ1) is 15.8. The normalized spacial score (nSPS) is 14.8. The molecule has 0 atom stereocenters. The van der Waals surface area contributed by atoms with Crippen LogP contribution < -0.4 is 20.7 Å². The van der Waals surface area contributed by atoms with Crippen molar-refractivity contribution >= 4 is 51.6 Å². The van der Waals surface area contributed by atoms with E-state index in [-0.39, 0.29) is 5.91 Å². The number of hydrogen-bond donors (Lipinski definition) is 3. The number of ether oxygens (including phenoxy) is 1. The van der Waals surface area contributed by atoms with Gasteiger partial charge in [0.15, 0.2) is 5.01 Å². The quantitative estimate of drug-likeness (QED) is 0.408. The predicted octanol–water partition coefficient (Wildman–Crippen LogP) is 3.14. The van der Waals surface area contributed by atoms with E-state index in [0.29, 0.717) is 39.9 Å². The molecule has 11 nitrogen and oxygen atoms in total. The predicted molar refractivity (Wildman–Crippen MR) is 125 cm³/mol. The van der Waals surface area contributed by atoms with Crippen LogP contribution in [0, 0.1) is 0 Å². The maximum atomic E-state index is 12.0. The summed E-state index contributed by atoms with van der Waals surface area (Å²) < 4.78 is 5.16. The zero-order valence-electron chi connectivity index (χ0n) is 18.0. The van der Waals surface area contributed by atoms with Crippen LogP contribution in [-0.4, -0.2) is 62.7 Å². The Morgan fingerprint density at radius 1 is 1.21 bits per heavy atom. The Labute approximate surface area is 198 Å². The lowest BCUT2D eigenvalue weighted by atomic mass is 10.0. The average molecular weight is 489 g/mol. The summed E-state index contributed by atoms with van der Waals surface area (Å²) in [5.41, 5.74) is 0.357. The Balaban J connectivity index is 1.42. The number of carbonyl (C=O) groups is 2. The van der Waals surface area contributed by atoms with E-state index in [4.69, 9.17) is 16.3 Å². The van der Waals surface area contributed by atoms with Crippen LogP contribution >= 0.6 is 22.9 Å². The fraction of sp³-hybridized carbons (Fsp3) is 0.300. The van der Waals surface area contributed by atoms with Gasteiger partial charge in [-0.3, -0.25) is 10.1 Å². The summed E-state index contributed by atoms with van der Waals surface area (Å²) in [6, 6.07) is 7.00. The van der Waals surface area contributed by atoms with Crippen LogP contribution in [0.25, 0.3) is 10.7 Å². The molecule has 1 fully saturated rings. The minimum atomic E-state index is -0.912. The van der Waals surface area contributed by atoms with Gasteiger partial charge in [-0.05, 0) is 38.1 Å². The molecule has 0 aliphatic carbocycles. The molecule has 13 heteroatoms. The number of amides is 3. The number of hydrogen-bond acceptors (Lipinski definition) is 10. The van der Waals surface area contributed by atoms with Crippen molar-refractivity contribution in [2.45, 2.75) is 19.4 Å². The van der Waals surface area contributed by atoms with E-state index in [9.17, 15) is 9.59 Å². The molecule has 0 unspecified atom stereocenters. The second-order valence-corrected chi connectivity index (χ2v) is 8.94. The van der Waals surface area contributed by atoms with Gasteiger partial charge in [-0.25, -0.2) is 14.8 Å². The molecule has 3 N–H and O–H groups in total. The summed E-state index contributed by atoms with van der Waals surface area (Å²) in [5.74, 6) is 0.748. The lowest BCUT2D eigenvalue weighted by molar-refractivity contribution is -0.125. The van der Waals surface area contributed by atoms with Crippen LogP contribution in [0.3, 0.4) is 0 Å².